The van der Waals surface area contributed by atoms with Crippen LogP contribution >= 0.6 is 15.9 Å². The summed E-state index contributed by atoms with van der Waals surface area (Å²) in [7, 11) is 0. The van der Waals surface area contributed by atoms with Crippen LogP contribution in [0.3, 0.4) is 0 Å². The standard InChI is InChI=1S/C23H21BrN2O5/c24-15-3-5-19-14(10-15)11-18(22(27)25-13-17-2-1-7-28-17)23(31-19)26-16-4-6-20-21(12-16)30-9-8-29-20/h3-6,10-12,17H,1-2,7-9,13H2,(H,25,27)/t17-/m1/s1. The maximum atomic E-state index is 13.0. The van der Waals surface area contributed by atoms with Gasteiger partial charge < -0.3 is 23.9 Å². The van der Waals surface area contributed by atoms with Crippen molar-refractivity contribution in [2.45, 2.75) is 18.9 Å². The number of ether oxygens (including phenoxy) is 3. The van der Waals surface area contributed by atoms with E-state index in [2.05, 4.69) is 26.2 Å². The molecule has 5 rings (SSSR count). The van der Waals surface area contributed by atoms with Crippen molar-refractivity contribution in [3.63, 3.8) is 0 Å². The van der Waals surface area contributed by atoms with Gasteiger partial charge >= 0.3 is 0 Å². The van der Waals surface area contributed by atoms with Crippen molar-refractivity contribution in [2.75, 3.05) is 26.4 Å². The van der Waals surface area contributed by atoms with Crippen molar-refractivity contribution >= 4 is 38.5 Å². The highest BCUT2D eigenvalue weighted by Crippen LogP contribution is 2.33. The van der Waals surface area contributed by atoms with Crippen LogP contribution in [0.5, 0.6) is 11.5 Å². The second-order valence-corrected chi connectivity index (χ2v) is 8.35. The molecule has 2 aliphatic heterocycles. The first kappa shape index (κ1) is 20.1. The number of hydrogen-bond acceptors (Lipinski definition) is 6. The lowest BCUT2D eigenvalue weighted by Crippen LogP contribution is -2.34. The molecule has 0 spiro atoms. The molecule has 0 unspecified atom stereocenters. The van der Waals surface area contributed by atoms with Gasteiger partial charge in [0.15, 0.2) is 11.5 Å². The molecule has 1 fully saturated rings. The van der Waals surface area contributed by atoms with Crippen LogP contribution in [-0.2, 0) is 4.74 Å². The molecule has 0 aliphatic carbocycles. The molecule has 1 aromatic heterocycles. The van der Waals surface area contributed by atoms with Crippen LogP contribution in [0.25, 0.3) is 11.0 Å². The van der Waals surface area contributed by atoms with Gasteiger partial charge in [0.25, 0.3) is 5.91 Å². The second-order valence-electron chi connectivity index (χ2n) is 7.43. The third kappa shape index (κ3) is 4.45. The Morgan fingerprint density at radius 3 is 2.77 bits per heavy atom. The van der Waals surface area contributed by atoms with Crippen molar-refractivity contribution in [3.05, 3.63) is 58.1 Å². The number of nitrogens with one attached hydrogen (secondary N) is 1. The van der Waals surface area contributed by atoms with E-state index in [0.717, 1.165) is 29.3 Å². The fourth-order valence-electron chi connectivity index (χ4n) is 3.67. The second kappa shape index (κ2) is 8.72. The van der Waals surface area contributed by atoms with E-state index in [-0.39, 0.29) is 17.6 Å². The van der Waals surface area contributed by atoms with Crippen LogP contribution in [0.1, 0.15) is 23.2 Å². The Labute approximate surface area is 187 Å². The first-order chi connectivity index (χ1) is 15.2. The molecule has 0 bridgehead atoms. The predicted molar refractivity (Wildman–Crippen MR) is 118 cm³/mol. The lowest BCUT2D eigenvalue weighted by atomic mass is 10.1. The zero-order chi connectivity index (χ0) is 21.2. The highest BCUT2D eigenvalue weighted by molar-refractivity contribution is 9.10. The van der Waals surface area contributed by atoms with Gasteiger partial charge in [0.1, 0.15) is 24.4 Å². The minimum absolute atomic E-state index is 0.0497. The smallest absolute Gasteiger partial charge is 0.256 e. The molecule has 1 atom stereocenters. The van der Waals surface area contributed by atoms with Crippen molar-refractivity contribution in [2.24, 2.45) is 4.99 Å². The van der Waals surface area contributed by atoms with Crippen LogP contribution in [0.4, 0.5) is 5.69 Å². The molecule has 160 valence electrons. The van der Waals surface area contributed by atoms with E-state index >= 15 is 0 Å². The average molecular weight is 485 g/mol. The predicted octanol–water partition coefficient (Wildman–Crippen LogP) is 4.11. The Hall–Kier alpha value is -2.84. The Bertz CT molecular complexity index is 1200. The highest BCUT2D eigenvalue weighted by Gasteiger charge is 2.19. The lowest BCUT2D eigenvalue weighted by Gasteiger charge is -2.18. The fourth-order valence-corrected chi connectivity index (χ4v) is 4.05. The largest absolute Gasteiger partial charge is 0.486 e. The normalized spacial score (nSPS) is 18.4. The van der Waals surface area contributed by atoms with Crippen LogP contribution < -0.4 is 20.3 Å². The summed E-state index contributed by atoms with van der Waals surface area (Å²) in [4.78, 5) is 17.6. The Morgan fingerprint density at radius 2 is 1.94 bits per heavy atom. The third-order valence-electron chi connectivity index (χ3n) is 5.22. The summed E-state index contributed by atoms with van der Waals surface area (Å²) in [5.74, 6) is 1.05. The maximum Gasteiger partial charge on any atom is 0.256 e. The van der Waals surface area contributed by atoms with Gasteiger partial charge in [0.2, 0.25) is 5.55 Å². The van der Waals surface area contributed by atoms with Gasteiger partial charge in [-0.3, -0.25) is 4.79 Å². The van der Waals surface area contributed by atoms with Crippen molar-refractivity contribution in [1.82, 2.24) is 5.32 Å². The Balaban J connectivity index is 1.54. The summed E-state index contributed by atoms with van der Waals surface area (Å²) in [6, 6.07) is 12.8. The zero-order valence-electron chi connectivity index (χ0n) is 16.7. The molecule has 1 N–H and O–H groups in total. The summed E-state index contributed by atoms with van der Waals surface area (Å²) >= 11 is 3.47. The molecule has 7 nitrogen and oxygen atoms in total. The molecule has 0 radical (unpaired) electrons. The average Bonchev–Trinajstić information content (AvgIpc) is 3.31. The van der Waals surface area contributed by atoms with Gasteiger partial charge in [0, 0.05) is 29.1 Å². The minimum Gasteiger partial charge on any atom is -0.486 e. The molecule has 3 aromatic rings. The number of amides is 1. The van der Waals surface area contributed by atoms with Crippen LogP contribution in [0.15, 0.2) is 56.3 Å². The number of benzene rings is 2. The number of halogens is 1. The van der Waals surface area contributed by atoms with E-state index in [4.69, 9.17) is 18.6 Å². The first-order valence-corrected chi connectivity index (χ1v) is 11.0. The van der Waals surface area contributed by atoms with Gasteiger partial charge in [0.05, 0.1) is 11.8 Å². The number of rotatable bonds is 4. The van der Waals surface area contributed by atoms with E-state index in [9.17, 15) is 4.79 Å². The number of carbonyl (C=O) groups excluding carboxylic acids is 1. The fraction of sp³-hybridized carbons (Fsp3) is 0.304. The summed E-state index contributed by atoms with van der Waals surface area (Å²) in [6.07, 6.45) is 2.02. The third-order valence-corrected chi connectivity index (χ3v) is 5.72. The molecule has 1 saturated heterocycles. The highest BCUT2D eigenvalue weighted by atomic mass is 79.9. The minimum atomic E-state index is -0.252. The van der Waals surface area contributed by atoms with Gasteiger partial charge in [-0.05, 0) is 49.2 Å². The number of carbonyl (C=O) groups is 1. The van der Waals surface area contributed by atoms with Crippen LogP contribution in [0, 0.1) is 0 Å². The molecular weight excluding hydrogens is 464 g/mol. The molecule has 2 aromatic carbocycles. The number of fused-ring (bicyclic) bond motifs is 2. The van der Waals surface area contributed by atoms with Crippen molar-refractivity contribution in [1.29, 1.82) is 0 Å². The van der Waals surface area contributed by atoms with Gasteiger partial charge in [-0.15, -0.1) is 0 Å². The maximum absolute atomic E-state index is 13.0. The van der Waals surface area contributed by atoms with Gasteiger partial charge in [-0.1, -0.05) is 15.9 Å². The molecular formula is C23H21BrN2O5. The summed E-state index contributed by atoms with van der Waals surface area (Å²) in [6.45, 7) is 2.21. The summed E-state index contributed by atoms with van der Waals surface area (Å²) in [5, 5.41) is 3.76. The van der Waals surface area contributed by atoms with Crippen LogP contribution in [-0.4, -0.2) is 38.4 Å². The van der Waals surface area contributed by atoms with Crippen molar-refractivity contribution < 1.29 is 23.4 Å². The SMILES string of the molecule is O=C(NC[C@H]1CCCO1)c1cc2cc(Br)ccc2oc1=Nc1ccc2c(c1)OCCO2. The van der Waals surface area contributed by atoms with Crippen LogP contribution in [0.2, 0.25) is 0 Å². The summed E-state index contributed by atoms with van der Waals surface area (Å²) < 4.78 is 23.8. The quantitative estimate of drug-likeness (QED) is 0.602. The number of nitrogens with zero attached hydrogens (tertiary/aromatic N) is 1. The summed E-state index contributed by atoms with van der Waals surface area (Å²) in [5.41, 5.74) is 1.84. The Kier molecular flexibility index (Phi) is 5.65. The zero-order valence-corrected chi connectivity index (χ0v) is 18.3. The van der Waals surface area contributed by atoms with E-state index in [1.807, 2.05) is 30.3 Å². The molecule has 0 saturated carbocycles. The van der Waals surface area contributed by atoms with Gasteiger partial charge in [-0.25, -0.2) is 4.99 Å². The molecule has 1 amide bonds. The molecule has 2 aliphatic rings. The molecule has 31 heavy (non-hydrogen) atoms. The monoisotopic (exact) mass is 484 g/mol. The van der Waals surface area contributed by atoms with E-state index in [1.165, 1.54) is 0 Å². The van der Waals surface area contributed by atoms with Gasteiger partial charge in [-0.2, -0.15) is 0 Å². The first-order valence-electron chi connectivity index (χ1n) is 10.2. The van der Waals surface area contributed by atoms with Crippen molar-refractivity contribution in [3.8, 4) is 11.5 Å². The van der Waals surface area contributed by atoms with E-state index < -0.39 is 0 Å². The topological polar surface area (TPSA) is 82.3 Å². The van der Waals surface area contributed by atoms with E-state index in [0.29, 0.717) is 48.1 Å². The molecule has 3 heterocycles. The lowest BCUT2D eigenvalue weighted by molar-refractivity contribution is 0.0854. The number of hydrogen-bond donors (Lipinski definition) is 1. The Morgan fingerprint density at radius 1 is 1.06 bits per heavy atom. The molecule has 8 heteroatoms. The van der Waals surface area contributed by atoms with E-state index in [1.54, 1.807) is 12.1 Å².